The molecule has 0 heterocycles. The molecule has 0 saturated heterocycles. The first-order chi connectivity index (χ1) is 11.2. The lowest BCUT2D eigenvalue weighted by Gasteiger charge is -2.25. The molecular formula is C18H26N2O4. The normalized spacial score (nSPS) is 11.1. The average Bonchev–Trinajstić information content (AvgIpc) is 2.56. The van der Waals surface area contributed by atoms with Gasteiger partial charge >= 0.3 is 5.97 Å². The summed E-state index contributed by atoms with van der Waals surface area (Å²) < 4.78 is 0. The summed E-state index contributed by atoms with van der Waals surface area (Å²) in [6.07, 6.45) is 2.49. The van der Waals surface area contributed by atoms with Crippen LogP contribution in [0.4, 0.5) is 5.69 Å². The molecule has 6 heteroatoms. The molecule has 24 heavy (non-hydrogen) atoms. The first-order valence-corrected chi connectivity index (χ1v) is 8.11. The van der Waals surface area contributed by atoms with Crippen LogP contribution in [0.15, 0.2) is 29.4 Å². The van der Waals surface area contributed by atoms with Gasteiger partial charge in [-0.15, -0.1) is 4.91 Å². The van der Waals surface area contributed by atoms with E-state index in [1.165, 1.54) is 0 Å². The summed E-state index contributed by atoms with van der Waals surface area (Å²) in [6, 6.07) is 7.00. The zero-order chi connectivity index (χ0) is 18.2. The predicted octanol–water partition coefficient (Wildman–Crippen LogP) is 3.76. The highest BCUT2D eigenvalue weighted by Gasteiger charge is 2.21. The summed E-state index contributed by atoms with van der Waals surface area (Å²) in [6.45, 7) is 4.58. The quantitative estimate of drug-likeness (QED) is 0.660. The third kappa shape index (κ3) is 7.35. The van der Waals surface area contributed by atoms with Crippen LogP contribution in [-0.4, -0.2) is 35.5 Å². The van der Waals surface area contributed by atoms with Gasteiger partial charge in [0.25, 0.3) is 0 Å². The topological polar surface area (TPSA) is 87.0 Å². The van der Waals surface area contributed by atoms with Gasteiger partial charge in [0.2, 0.25) is 5.91 Å². The maximum atomic E-state index is 12.2. The van der Waals surface area contributed by atoms with E-state index in [9.17, 15) is 14.5 Å². The van der Waals surface area contributed by atoms with Gasteiger partial charge in [0.1, 0.15) is 5.69 Å². The molecule has 0 bridgehead atoms. The van der Waals surface area contributed by atoms with Crippen LogP contribution in [0.3, 0.4) is 0 Å². The molecule has 6 nitrogen and oxygen atoms in total. The second kappa shape index (κ2) is 9.15. The van der Waals surface area contributed by atoms with Crippen molar-refractivity contribution < 1.29 is 14.7 Å². The summed E-state index contributed by atoms with van der Waals surface area (Å²) in [5.74, 6) is -0.744. The predicted molar refractivity (Wildman–Crippen MR) is 93.1 cm³/mol. The first kappa shape index (κ1) is 19.8. The molecule has 1 aromatic rings. The second-order valence-electron chi connectivity index (χ2n) is 6.88. The summed E-state index contributed by atoms with van der Waals surface area (Å²) in [7, 11) is 1.77. The number of carbonyl (C=O) groups excluding carboxylic acids is 1. The van der Waals surface area contributed by atoms with E-state index in [1.807, 2.05) is 26.0 Å². The van der Waals surface area contributed by atoms with Gasteiger partial charge in [0.05, 0.1) is 0 Å². The number of carbonyl (C=O) groups is 2. The van der Waals surface area contributed by atoms with E-state index in [0.29, 0.717) is 37.9 Å². The third-order valence-electron chi connectivity index (χ3n) is 4.23. The van der Waals surface area contributed by atoms with Crippen molar-refractivity contribution in [1.82, 2.24) is 4.90 Å². The highest BCUT2D eigenvalue weighted by Crippen LogP contribution is 2.28. The van der Waals surface area contributed by atoms with Crippen molar-refractivity contribution >= 4 is 17.6 Å². The minimum absolute atomic E-state index is 0.0598. The standard InChI is InChI=1S/C18H26N2O4/c1-18(2,12-9-17(22)23)11-8-16(21)20(3)13-10-14-4-6-15(19-24)7-5-14/h4-7H,8-13H2,1-3H3,(H,22,23). The Kier molecular flexibility index (Phi) is 7.55. The molecule has 0 aliphatic carbocycles. The van der Waals surface area contributed by atoms with E-state index < -0.39 is 5.97 Å². The summed E-state index contributed by atoms with van der Waals surface area (Å²) in [5.41, 5.74) is 1.28. The van der Waals surface area contributed by atoms with Gasteiger partial charge in [0.15, 0.2) is 0 Å². The number of aliphatic carboxylic acids is 1. The number of carboxylic acids is 1. The molecule has 0 saturated carbocycles. The highest BCUT2D eigenvalue weighted by molar-refractivity contribution is 5.75. The Bertz CT molecular complexity index is 567. The van der Waals surface area contributed by atoms with Gasteiger partial charge in [-0.3, -0.25) is 9.59 Å². The van der Waals surface area contributed by atoms with E-state index in [2.05, 4.69) is 5.18 Å². The Morgan fingerprint density at radius 2 is 1.71 bits per heavy atom. The molecule has 1 amide bonds. The molecule has 0 radical (unpaired) electrons. The first-order valence-electron chi connectivity index (χ1n) is 8.11. The van der Waals surface area contributed by atoms with Crippen LogP contribution in [0.1, 0.15) is 45.1 Å². The largest absolute Gasteiger partial charge is 0.481 e. The second-order valence-corrected chi connectivity index (χ2v) is 6.88. The maximum absolute atomic E-state index is 12.2. The molecule has 0 aromatic heterocycles. The molecule has 0 aliphatic rings. The Hall–Kier alpha value is -2.24. The van der Waals surface area contributed by atoms with Crippen molar-refractivity contribution in [3.63, 3.8) is 0 Å². The molecule has 1 aromatic carbocycles. The van der Waals surface area contributed by atoms with Crippen molar-refractivity contribution in [3.05, 3.63) is 34.7 Å². The molecule has 0 aliphatic heterocycles. The van der Waals surface area contributed by atoms with Crippen LogP contribution in [0.2, 0.25) is 0 Å². The average molecular weight is 334 g/mol. The van der Waals surface area contributed by atoms with Crippen LogP contribution in [-0.2, 0) is 16.0 Å². The summed E-state index contributed by atoms with van der Waals surface area (Å²) in [5, 5.41) is 11.6. The van der Waals surface area contributed by atoms with E-state index in [4.69, 9.17) is 5.11 Å². The number of amides is 1. The van der Waals surface area contributed by atoms with Gasteiger partial charge in [-0.2, -0.15) is 0 Å². The third-order valence-corrected chi connectivity index (χ3v) is 4.23. The SMILES string of the molecule is CN(CCc1ccc(N=O)cc1)C(=O)CCC(C)(C)CCC(=O)O. The smallest absolute Gasteiger partial charge is 0.303 e. The molecule has 0 atom stereocenters. The number of nitroso groups, excluding NO2 is 1. The van der Waals surface area contributed by atoms with Gasteiger partial charge < -0.3 is 10.0 Å². The lowest BCUT2D eigenvalue weighted by atomic mass is 9.83. The lowest BCUT2D eigenvalue weighted by Crippen LogP contribution is -2.30. The van der Waals surface area contributed by atoms with Gasteiger partial charge in [-0.05, 0) is 47.6 Å². The van der Waals surface area contributed by atoms with Crippen LogP contribution in [0.5, 0.6) is 0 Å². The molecule has 1 rings (SSSR count). The fourth-order valence-electron chi connectivity index (χ4n) is 2.35. The lowest BCUT2D eigenvalue weighted by molar-refractivity contribution is -0.137. The van der Waals surface area contributed by atoms with Crippen molar-refractivity contribution in [2.75, 3.05) is 13.6 Å². The number of hydrogen-bond acceptors (Lipinski definition) is 4. The van der Waals surface area contributed by atoms with Crippen LogP contribution < -0.4 is 0 Å². The van der Waals surface area contributed by atoms with Gasteiger partial charge in [0, 0.05) is 26.4 Å². The number of benzene rings is 1. The van der Waals surface area contributed by atoms with Crippen LogP contribution in [0.25, 0.3) is 0 Å². The molecule has 1 N–H and O–H groups in total. The molecular weight excluding hydrogens is 308 g/mol. The monoisotopic (exact) mass is 334 g/mol. The Morgan fingerprint density at radius 1 is 1.12 bits per heavy atom. The zero-order valence-corrected chi connectivity index (χ0v) is 14.6. The Balaban J connectivity index is 2.38. The molecule has 0 spiro atoms. The van der Waals surface area contributed by atoms with Gasteiger partial charge in [-0.25, -0.2) is 0 Å². The summed E-state index contributed by atoms with van der Waals surface area (Å²) >= 11 is 0. The van der Waals surface area contributed by atoms with Crippen molar-refractivity contribution in [1.29, 1.82) is 0 Å². The van der Waals surface area contributed by atoms with Crippen molar-refractivity contribution in [2.45, 2.75) is 46.0 Å². The van der Waals surface area contributed by atoms with Crippen LogP contribution in [0, 0.1) is 10.3 Å². The summed E-state index contributed by atoms with van der Waals surface area (Å²) in [4.78, 5) is 34.9. The highest BCUT2D eigenvalue weighted by atomic mass is 16.4. The number of nitrogens with zero attached hydrogens (tertiary/aromatic N) is 2. The number of carboxylic acid groups (broad SMARTS) is 1. The number of rotatable bonds is 10. The van der Waals surface area contributed by atoms with Crippen molar-refractivity contribution in [2.24, 2.45) is 10.6 Å². The fourth-order valence-corrected chi connectivity index (χ4v) is 2.35. The van der Waals surface area contributed by atoms with Gasteiger partial charge in [-0.1, -0.05) is 26.0 Å². The maximum Gasteiger partial charge on any atom is 0.303 e. The number of likely N-dealkylation sites (N-methyl/N-ethyl adjacent to an activating group) is 1. The molecule has 0 fully saturated rings. The van der Waals surface area contributed by atoms with Crippen LogP contribution >= 0.6 is 0 Å². The Morgan fingerprint density at radius 3 is 2.25 bits per heavy atom. The Labute approximate surface area is 142 Å². The van der Waals surface area contributed by atoms with Crippen molar-refractivity contribution in [3.8, 4) is 0 Å². The van der Waals surface area contributed by atoms with E-state index in [1.54, 1.807) is 24.1 Å². The van der Waals surface area contributed by atoms with E-state index in [0.717, 1.165) is 5.56 Å². The molecule has 132 valence electrons. The fraction of sp³-hybridized carbons (Fsp3) is 0.556. The minimum Gasteiger partial charge on any atom is -0.481 e. The number of hydrogen-bond donors (Lipinski definition) is 1. The zero-order valence-electron chi connectivity index (χ0n) is 14.6. The van der Waals surface area contributed by atoms with E-state index in [-0.39, 0.29) is 17.7 Å². The van der Waals surface area contributed by atoms with E-state index >= 15 is 0 Å². The molecule has 0 unspecified atom stereocenters. The minimum atomic E-state index is -0.803.